The monoisotopic (exact) mass is 465 g/mol. The fourth-order valence-corrected chi connectivity index (χ4v) is 4.40. The van der Waals surface area contributed by atoms with E-state index in [0.717, 1.165) is 6.92 Å². The molecule has 3 heterocycles. The molecule has 0 N–H and O–H groups in total. The summed E-state index contributed by atoms with van der Waals surface area (Å²) >= 11 is 0. The number of hydrogen-bond acceptors (Lipinski definition) is 5. The molecule has 3 aliphatic rings. The molecule has 0 aliphatic carbocycles. The average molecular weight is 465 g/mol. The van der Waals surface area contributed by atoms with E-state index in [1.807, 2.05) is 0 Å². The van der Waals surface area contributed by atoms with Crippen molar-refractivity contribution in [3.8, 4) is 5.75 Å². The zero-order valence-corrected chi connectivity index (χ0v) is 17.4. The topological polar surface area (TPSA) is 68.4 Å². The summed E-state index contributed by atoms with van der Waals surface area (Å²) < 4.78 is 70.8. The lowest BCUT2D eigenvalue weighted by Gasteiger charge is -2.23. The molecule has 1 amide bonds. The SMILES string of the molecule is Cc1c(F)c(F)c(F)c(OC(=O)c2ccc([C@H]3OC[C@@H]4C[C@@H](CC5CO5)C(=O)N43)cc2)c1F. The van der Waals surface area contributed by atoms with Crippen molar-refractivity contribution in [2.75, 3.05) is 13.2 Å². The van der Waals surface area contributed by atoms with E-state index in [0.29, 0.717) is 31.6 Å². The number of benzene rings is 2. The molecular formula is C23H19F4NO5. The Kier molecular flexibility index (Phi) is 5.37. The van der Waals surface area contributed by atoms with Crippen LogP contribution >= 0.6 is 0 Å². The van der Waals surface area contributed by atoms with Gasteiger partial charge >= 0.3 is 5.97 Å². The third kappa shape index (κ3) is 3.76. The minimum Gasteiger partial charge on any atom is -0.416 e. The number of hydrogen-bond donors (Lipinski definition) is 0. The Hall–Kier alpha value is -2.98. The third-order valence-corrected chi connectivity index (χ3v) is 6.27. The van der Waals surface area contributed by atoms with E-state index in [9.17, 15) is 27.2 Å². The highest BCUT2D eigenvalue weighted by atomic mass is 19.2. The second-order valence-electron chi connectivity index (χ2n) is 8.43. The number of amides is 1. The Bertz CT molecular complexity index is 1110. The van der Waals surface area contributed by atoms with E-state index < -0.39 is 46.8 Å². The van der Waals surface area contributed by atoms with Crippen LogP contribution in [0.3, 0.4) is 0 Å². The second-order valence-corrected chi connectivity index (χ2v) is 8.43. The molecule has 4 atom stereocenters. The van der Waals surface area contributed by atoms with Gasteiger partial charge in [-0.2, -0.15) is 4.39 Å². The van der Waals surface area contributed by atoms with Gasteiger partial charge in [-0.25, -0.2) is 18.0 Å². The van der Waals surface area contributed by atoms with Crippen LogP contribution < -0.4 is 4.74 Å². The molecule has 0 spiro atoms. The number of epoxide rings is 1. The molecule has 6 nitrogen and oxygen atoms in total. The van der Waals surface area contributed by atoms with Crippen molar-refractivity contribution in [2.24, 2.45) is 5.92 Å². The Morgan fingerprint density at radius 3 is 2.39 bits per heavy atom. The quantitative estimate of drug-likeness (QED) is 0.168. The van der Waals surface area contributed by atoms with Crippen LogP contribution in [0.15, 0.2) is 24.3 Å². The van der Waals surface area contributed by atoms with Crippen molar-refractivity contribution in [3.05, 3.63) is 64.2 Å². The summed E-state index contributed by atoms with van der Waals surface area (Å²) in [5.41, 5.74) is -0.264. The average Bonchev–Trinajstić information content (AvgIpc) is 3.46. The standard InChI is InChI=1S/C23H19F4NO5/c1-10-16(24)18(26)19(27)20(17(10)25)33-23(30)12-4-2-11(3-5-12)22-28-14(8-32-22)6-13(21(28)29)7-15-9-31-15/h2-5,13-15,22H,6-9H2,1H3/t13-,14-,15?,22+/m0/s1. The molecule has 10 heteroatoms. The van der Waals surface area contributed by atoms with E-state index in [1.165, 1.54) is 24.3 Å². The first-order valence-electron chi connectivity index (χ1n) is 10.5. The molecule has 0 aromatic heterocycles. The number of carbonyl (C=O) groups excluding carboxylic acids is 2. The lowest BCUT2D eigenvalue weighted by molar-refractivity contribution is -0.137. The highest BCUT2D eigenvalue weighted by Crippen LogP contribution is 2.42. The molecular weight excluding hydrogens is 446 g/mol. The van der Waals surface area contributed by atoms with Crippen LogP contribution in [0.25, 0.3) is 0 Å². The number of carbonyl (C=O) groups is 2. The third-order valence-electron chi connectivity index (χ3n) is 6.27. The molecule has 2 aromatic rings. The predicted octanol–water partition coefficient (Wildman–Crippen LogP) is 3.81. The van der Waals surface area contributed by atoms with E-state index in [-0.39, 0.29) is 29.5 Å². The lowest BCUT2D eigenvalue weighted by Crippen LogP contribution is -2.32. The number of nitrogens with zero attached hydrogens (tertiary/aromatic N) is 1. The normalized spacial score (nSPS) is 26.0. The number of ether oxygens (including phenoxy) is 3. The van der Waals surface area contributed by atoms with Crippen molar-refractivity contribution in [3.63, 3.8) is 0 Å². The van der Waals surface area contributed by atoms with Crippen molar-refractivity contribution in [2.45, 2.75) is 38.1 Å². The first-order valence-corrected chi connectivity index (χ1v) is 10.5. The van der Waals surface area contributed by atoms with Crippen molar-refractivity contribution in [1.82, 2.24) is 4.90 Å². The summed E-state index contributed by atoms with van der Waals surface area (Å²) in [5, 5.41) is 0. The van der Waals surface area contributed by atoms with Crippen LogP contribution in [-0.2, 0) is 14.3 Å². The van der Waals surface area contributed by atoms with E-state index in [4.69, 9.17) is 9.47 Å². The molecule has 0 radical (unpaired) electrons. The molecule has 0 saturated carbocycles. The van der Waals surface area contributed by atoms with Crippen LogP contribution in [0, 0.1) is 36.1 Å². The lowest BCUT2D eigenvalue weighted by atomic mass is 10.00. The van der Waals surface area contributed by atoms with Gasteiger partial charge in [0.1, 0.15) is 0 Å². The molecule has 1 unspecified atom stereocenters. The summed E-state index contributed by atoms with van der Waals surface area (Å²) in [6.07, 6.45) is 0.933. The molecule has 5 rings (SSSR count). The van der Waals surface area contributed by atoms with Crippen molar-refractivity contribution < 1.29 is 41.4 Å². The molecule has 3 fully saturated rings. The van der Waals surface area contributed by atoms with Gasteiger partial charge in [-0.15, -0.1) is 0 Å². The number of esters is 1. The van der Waals surface area contributed by atoms with Crippen LogP contribution in [0.5, 0.6) is 5.75 Å². The van der Waals surface area contributed by atoms with Gasteiger partial charge in [-0.3, -0.25) is 4.79 Å². The van der Waals surface area contributed by atoms with E-state index in [2.05, 4.69) is 4.74 Å². The summed E-state index contributed by atoms with van der Waals surface area (Å²) in [6, 6.07) is 5.73. The smallest absolute Gasteiger partial charge is 0.343 e. The molecule has 2 aromatic carbocycles. The Morgan fingerprint density at radius 2 is 1.73 bits per heavy atom. The highest BCUT2D eigenvalue weighted by molar-refractivity contribution is 5.91. The summed E-state index contributed by atoms with van der Waals surface area (Å²) in [4.78, 5) is 26.9. The van der Waals surface area contributed by atoms with Crippen molar-refractivity contribution in [1.29, 1.82) is 0 Å². The Balaban J connectivity index is 1.31. The van der Waals surface area contributed by atoms with Crippen LogP contribution in [0.1, 0.15) is 40.6 Å². The molecule has 3 saturated heterocycles. The fourth-order valence-electron chi connectivity index (χ4n) is 4.40. The van der Waals surface area contributed by atoms with Crippen LogP contribution in [-0.4, -0.2) is 42.1 Å². The number of rotatable bonds is 5. The van der Waals surface area contributed by atoms with Gasteiger partial charge < -0.3 is 19.1 Å². The zero-order chi connectivity index (χ0) is 23.4. The maximum atomic E-state index is 14.1. The minimum absolute atomic E-state index is 0.00106. The summed E-state index contributed by atoms with van der Waals surface area (Å²) in [6.45, 7) is 1.98. The summed E-state index contributed by atoms with van der Waals surface area (Å²) in [7, 11) is 0. The predicted molar refractivity (Wildman–Crippen MR) is 104 cm³/mol. The van der Waals surface area contributed by atoms with Crippen LogP contribution in [0.4, 0.5) is 17.6 Å². The van der Waals surface area contributed by atoms with Gasteiger partial charge in [-0.1, -0.05) is 12.1 Å². The highest BCUT2D eigenvalue weighted by Gasteiger charge is 2.49. The minimum atomic E-state index is -1.93. The maximum absolute atomic E-state index is 14.1. The Morgan fingerprint density at radius 1 is 1.03 bits per heavy atom. The summed E-state index contributed by atoms with van der Waals surface area (Å²) in [5.74, 6) is -9.61. The first-order chi connectivity index (χ1) is 15.8. The Labute approximate surface area is 186 Å². The van der Waals surface area contributed by atoms with E-state index >= 15 is 0 Å². The first kappa shape index (κ1) is 21.8. The molecule has 33 heavy (non-hydrogen) atoms. The van der Waals surface area contributed by atoms with Gasteiger partial charge in [-0.05, 0) is 31.9 Å². The van der Waals surface area contributed by atoms with Crippen LogP contribution in [0.2, 0.25) is 0 Å². The van der Waals surface area contributed by atoms with E-state index in [1.54, 1.807) is 4.90 Å². The number of halogens is 4. The van der Waals surface area contributed by atoms with Gasteiger partial charge in [0.25, 0.3) is 0 Å². The molecule has 0 bridgehead atoms. The zero-order valence-electron chi connectivity index (χ0n) is 17.4. The second kappa shape index (κ2) is 8.11. The molecule has 3 aliphatic heterocycles. The van der Waals surface area contributed by atoms with Gasteiger partial charge in [0, 0.05) is 17.0 Å². The largest absolute Gasteiger partial charge is 0.416 e. The van der Waals surface area contributed by atoms with Gasteiger partial charge in [0.15, 0.2) is 23.7 Å². The van der Waals surface area contributed by atoms with Gasteiger partial charge in [0.2, 0.25) is 17.5 Å². The van der Waals surface area contributed by atoms with Crippen molar-refractivity contribution >= 4 is 11.9 Å². The maximum Gasteiger partial charge on any atom is 0.343 e. The number of fused-ring (bicyclic) bond motifs is 1. The van der Waals surface area contributed by atoms with Gasteiger partial charge in [0.05, 0.1) is 30.9 Å². The fraction of sp³-hybridized carbons (Fsp3) is 0.391. The molecule has 174 valence electrons.